The molecule has 1 atom stereocenters. The molecular formula is C15H23NO2. The minimum atomic E-state index is -0.427. The molecule has 1 aromatic rings. The molecule has 0 aliphatic carbocycles. The number of aliphatic hydroxyl groups excluding tert-OH is 1. The van der Waals surface area contributed by atoms with Crippen molar-refractivity contribution in [2.24, 2.45) is 0 Å². The zero-order valence-corrected chi connectivity index (χ0v) is 11.5. The molecule has 3 heteroatoms. The minimum Gasteiger partial charge on any atom is -0.387 e. The van der Waals surface area contributed by atoms with Gasteiger partial charge in [-0.2, -0.15) is 0 Å². The monoisotopic (exact) mass is 249 g/mol. The maximum atomic E-state index is 10.4. The summed E-state index contributed by atoms with van der Waals surface area (Å²) in [5.74, 6) is 0. The number of hydrogen-bond donors (Lipinski definition) is 1. The lowest BCUT2D eigenvalue weighted by molar-refractivity contribution is -0.0668. The third-order valence-electron chi connectivity index (χ3n) is 3.76. The van der Waals surface area contributed by atoms with Gasteiger partial charge in [-0.15, -0.1) is 0 Å². The van der Waals surface area contributed by atoms with E-state index >= 15 is 0 Å². The van der Waals surface area contributed by atoms with Crippen molar-refractivity contribution in [1.82, 2.24) is 4.90 Å². The van der Waals surface area contributed by atoms with Crippen LogP contribution in [0, 0.1) is 6.92 Å². The van der Waals surface area contributed by atoms with Crippen LogP contribution in [-0.2, 0) is 4.74 Å². The lowest BCUT2D eigenvalue weighted by Crippen LogP contribution is -2.54. The van der Waals surface area contributed by atoms with E-state index < -0.39 is 6.10 Å². The Labute approximate surface area is 109 Å². The van der Waals surface area contributed by atoms with Crippen molar-refractivity contribution < 1.29 is 9.84 Å². The van der Waals surface area contributed by atoms with E-state index in [2.05, 4.69) is 18.7 Å². The van der Waals surface area contributed by atoms with E-state index in [0.717, 1.165) is 30.9 Å². The van der Waals surface area contributed by atoms with Crippen LogP contribution in [-0.4, -0.2) is 41.8 Å². The van der Waals surface area contributed by atoms with Crippen LogP contribution < -0.4 is 0 Å². The molecule has 1 aliphatic rings. The smallest absolute Gasteiger partial charge is 0.0919 e. The third kappa shape index (κ3) is 2.91. The van der Waals surface area contributed by atoms with Crippen LogP contribution in [0.2, 0.25) is 0 Å². The number of nitrogens with zero attached hydrogens (tertiary/aromatic N) is 1. The first-order valence-corrected chi connectivity index (χ1v) is 6.57. The van der Waals surface area contributed by atoms with E-state index in [4.69, 9.17) is 4.74 Å². The Bertz CT molecular complexity index is 403. The fraction of sp³-hybridized carbons (Fsp3) is 0.600. The maximum absolute atomic E-state index is 10.4. The highest BCUT2D eigenvalue weighted by molar-refractivity contribution is 5.27. The second kappa shape index (κ2) is 5.39. The van der Waals surface area contributed by atoms with Crippen LogP contribution in [0.4, 0.5) is 0 Å². The Kier molecular flexibility index (Phi) is 4.05. The molecule has 100 valence electrons. The average Bonchev–Trinajstić information content (AvgIpc) is 2.32. The molecule has 1 aromatic carbocycles. The summed E-state index contributed by atoms with van der Waals surface area (Å²) >= 11 is 0. The summed E-state index contributed by atoms with van der Waals surface area (Å²) < 4.78 is 5.50. The minimum absolute atomic E-state index is 0.00190. The third-order valence-corrected chi connectivity index (χ3v) is 3.76. The van der Waals surface area contributed by atoms with E-state index in [1.807, 2.05) is 31.2 Å². The van der Waals surface area contributed by atoms with Crippen LogP contribution in [0.1, 0.15) is 31.1 Å². The van der Waals surface area contributed by atoms with Crippen LogP contribution in [0.25, 0.3) is 0 Å². The molecule has 1 unspecified atom stereocenters. The van der Waals surface area contributed by atoms with Crippen molar-refractivity contribution in [3.05, 3.63) is 35.4 Å². The molecule has 3 nitrogen and oxygen atoms in total. The summed E-state index contributed by atoms with van der Waals surface area (Å²) in [4.78, 5) is 2.31. The number of β-amino-alcohol motifs (C(OH)–C–C–N with tert-alkyl or cyclic N) is 1. The molecule has 1 heterocycles. The second-order valence-electron chi connectivity index (χ2n) is 5.68. The van der Waals surface area contributed by atoms with Crippen LogP contribution in [0.5, 0.6) is 0 Å². The summed E-state index contributed by atoms with van der Waals surface area (Å²) in [6.45, 7) is 9.41. The van der Waals surface area contributed by atoms with Crippen molar-refractivity contribution in [2.75, 3.05) is 26.3 Å². The van der Waals surface area contributed by atoms with Crippen molar-refractivity contribution in [2.45, 2.75) is 32.4 Å². The number of morpholine rings is 1. The zero-order valence-electron chi connectivity index (χ0n) is 11.5. The molecule has 1 aliphatic heterocycles. The molecule has 0 radical (unpaired) electrons. The standard InChI is InChI=1S/C15H23NO2/c1-12-6-4-5-7-13(12)14(17)10-16-8-9-18-11-15(16,2)3/h4-7,14,17H,8-11H2,1-3H3. The highest BCUT2D eigenvalue weighted by Gasteiger charge is 2.32. The molecule has 18 heavy (non-hydrogen) atoms. The predicted molar refractivity (Wildman–Crippen MR) is 72.6 cm³/mol. The van der Waals surface area contributed by atoms with E-state index in [0.29, 0.717) is 6.54 Å². The molecule has 1 saturated heterocycles. The first-order chi connectivity index (χ1) is 8.50. The van der Waals surface area contributed by atoms with Gasteiger partial charge in [0.15, 0.2) is 0 Å². The molecule has 0 bridgehead atoms. The number of aliphatic hydroxyl groups is 1. The summed E-state index contributed by atoms with van der Waals surface area (Å²) in [6, 6.07) is 8.04. The topological polar surface area (TPSA) is 32.7 Å². The highest BCUT2D eigenvalue weighted by atomic mass is 16.5. The lowest BCUT2D eigenvalue weighted by Gasteiger charge is -2.43. The van der Waals surface area contributed by atoms with Gasteiger partial charge in [0.1, 0.15) is 0 Å². The first-order valence-electron chi connectivity index (χ1n) is 6.57. The van der Waals surface area contributed by atoms with Gasteiger partial charge in [-0.25, -0.2) is 0 Å². The normalized spacial score (nSPS) is 21.8. The van der Waals surface area contributed by atoms with Crippen molar-refractivity contribution in [1.29, 1.82) is 0 Å². The second-order valence-corrected chi connectivity index (χ2v) is 5.68. The Hall–Kier alpha value is -0.900. The van der Waals surface area contributed by atoms with Crippen molar-refractivity contribution in [3.8, 4) is 0 Å². The van der Waals surface area contributed by atoms with Crippen molar-refractivity contribution in [3.63, 3.8) is 0 Å². The van der Waals surface area contributed by atoms with E-state index in [1.54, 1.807) is 0 Å². The van der Waals surface area contributed by atoms with Gasteiger partial charge in [-0.3, -0.25) is 4.90 Å². The zero-order chi connectivity index (χ0) is 13.2. The SMILES string of the molecule is Cc1ccccc1C(O)CN1CCOCC1(C)C. The summed E-state index contributed by atoms with van der Waals surface area (Å²) in [7, 11) is 0. The molecule has 0 spiro atoms. The largest absolute Gasteiger partial charge is 0.387 e. The van der Waals surface area contributed by atoms with Gasteiger partial charge < -0.3 is 9.84 Å². The summed E-state index contributed by atoms with van der Waals surface area (Å²) in [5.41, 5.74) is 2.18. The van der Waals surface area contributed by atoms with Gasteiger partial charge >= 0.3 is 0 Å². The summed E-state index contributed by atoms with van der Waals surface area (Å²) in [6.07, 6.45) is -0.427. The predicted octanol–water partition coefficient (Wildman–Crippen LogP) is 2.14. The Balaban J connectivity index is 2.07. The number of aryl methyl sites for hydroxylation is 1. The lowest BCUT2D eigenvalue weighted by atomic mass is 9.98. The van der Waals surface area contributed by atoms with Gasteiger partial charge in [0.2, 0.25) is 0 Å². The molecule has 0 aromatic heterocycles. The van der Waals surface area contributed by atoms with Gasteiger partial charge in [-0.1, -0.05) is 24.3 Å². The van der Waals surface area contributed by atoms with Gasteiger partial charge in [0, 0.05) is 18.6 Å². The number of rotatable bonds is 3. The maximum Gasteiger partial charge on any atom is 0.0919 e. The fourth-order valence-electron chi connectivity index (χ4n) is 2.50. The summed E-state index contributed by atoms with van der Waals surface area (Å²) in [5, 5.41) is 10.4. The van der Waals surface area contributed by atoms with Crippen LogP contribution >= 0.6 is 0 Å². The van der Waals surface area contributed by atoms with Crippen LogP contribution in [0.3, 0.4) is 0 Å². The average molecular weight is 249 g/mol. The molecule has 2 rings (SSSR count). The highest BCUT2D eigenvalue weighted by Crippen LogP contribution is 2.24. The quantitative estimate of drug-likeness (QED) is 0.891. The molecule has 1 N–H and O–H groups in total. The van der Waals surface area contributed by atoms with E-state index in [9.17, 15) is 5.11 Å². The molecule has 1 fully saturated rings. The van der Waals surface area contributed by atoms with Crippen LogP contribution in [0.15, 0.2) is 24.3 Å². The van der Waals surface area contributed by atoms with Gasteiger partial charge in [-0.05, 0) is 31.9 Å². The fourth-order valence-corrected chi connectivity index (χ4v) is 2.50. The molecule has 0 amide bonds. The Morgan fingerprint density at radius 2 is 2.11 bits per heavy atom. The van der Waals surface area contributed by atoms with E-state index in [-0.39, 0.29) is 5.54 Å². The van der Waals surface area contributed by atoms with Crippen molar-refractivity contribution >= 4 is 0 Å². The first kappa shape index (κ1) is 13.5. The van der Waals surface area contributed by atoms with Gasteiger partial charge in [0.05, 0.1) is 19.3 Å². The Morgan fingerprint density at radius 1 is 1.39 bits per heavy atom. The number of hydrogen-bond acceptors (Lipinski definition) is 3. The van der Waals surface area contributed by atoms with E-state index in [1.165, 1.54) is 0 Å². The molecule has 0 saturated carbocycles. The number of ether oxygens (including phenoxy) is 1. The Morgan fingerprint density at radius 3 is 2.78 bits per heavy atom. The van der Waals surface area contributed by atoms with Gasteiger partial charge in [0.25, 0.3) is 0 Å². The molecular weight excluding hydrogens is 226 g/mol. The number of benzene rings is 1.